The van der Waals surface area contributed by atoms with Gasteiger partial charge in [-0.05, 0) is 73.9 Å². The third-order valence-corrected chi connectivity index (χ3v) is 5.93. The molecule has 1 N–H and O–H groups in total. The zero-order valence-corrected chi connectivity index (χ0v) is 16.0. The number of benzene rings is 2. The van der Waals surface area contributed by atoms with Crippen molar-refractivity contribution in [3.63, 3.8) is 0 Å². The predicted octanol–water partition coefficient (Wildman–Crippen LogP) is 5.17. The zero-order valence-electron chi connectivity index (χ0n) is 15.3. The molecule has 0 saturated carbocycles. The van der Waals surface area contributed by atoms with Crippen LogP contribution in [0.2, 0.25) is 5.02 Å². The molecule has 1 aliphatic heterocycles. The van der Waals surface area contributed by atoms with Crippen LogP contribution in [-0.2, 0) is 28.0 Å². The van der Waals surface area contributed by atoms with Crippen LogP contribution in [0.4, 0.5) is 5.69 Å². The van der Waals surface area contributed by atoms with Gasteiger partial charge in [-0.15, -0.1) is 0 Å². The maximum Gasteiger partial charge on any atom is 0.329 e. The Morgan fingerprint density at radius 1 is 1.12 bits per heavy atom. The van der Waals surface area contributed by atoms with Gasteiger partial charge in [-0.2, -0.15) is 0 Å². The number of fused-ring (bicyclic) bond motifs is 1. The van der Waals surface area contributed by atoms with Gasteiger partial charge in [0.15, 0.2) is 0 Å². The number of carbonyl (C=O) groups is 1. The summed E-state index contributed by atoms with van der Waals surface area (Å²) in [5, 5.41) is 3.98. The van der Waals surface area contributed by atoms with Crippen molar-refractivity contribution in [2.24, 2.45) is 0 Å². The summed E-state index contributed by atoms with van der Waals surface area (Å²) in [6, 6.07) is 11.9. The van der Waals surface area contributed by atoms with Crippen molar-refractivity contribution in [3.05, 3.63) is 63.7 Å². The molecule has 2 aromatic carbocycles. The third kappa shape index (κ3) is 3.21. The number of anilines is 1. The minimum absolute atomic E-state index is 0.204. The Morgan fingerprint density at radius 3 is 2.69 bits per heavy atom. The second-order valence-corrected chi connectivity index (χ2v) is 8.14. The van der Waals surface area contributed by atoms with Crippen LogP contribution in [0, 0.1) is 6.92 Å². The van der Waals surface area contributed by atoms with Crippen molar-refractivity contribution < 1.29 is 9.53 Å². The van der Waals surface area contributed by atoms with Gasteiger partial charge in [0.1, 0.15) is 11.6 Å². The Bertz CT molecular complexity index is 863. The zero-order chi connectivity index (χ0) is 18.3. The van der Waals surface area contributed by atoms with Crippen molar-refractivity contribution in [1.82, 2.24) is 0 Å². The van der Waals surface area contributed by atoms with E-state index in [4.69, 9.17) is 16.3 Å². The monoisotopic (exact) mass is 369 g/mol. The Morgan fingerprint density at radius 2 is 1.88 bits per heavy atom. The van der Waals surface area contributed by atoms with Crippen LogP contribution in [0.25, 0.3) is 0 Å². The Labute approximate surface area is 159 Å². The Kier molecular flexibility index (Phi) is 4.44. The first kappa shape index (κ1) is 17.4. The first-order chi connectivity index (χ1) is 12.4. The highest BCUT2D eigenvalue weighted by atomic mass is 35.5. The molecule has 0 bridgehead atoms. The second-order valence-electron chi connectivity index (χ2n) is 7.70. The van der Waals surface area contributed by atoms with E-state index in [-0.39, 0.29) is 12.0 Å². The number of ether oxygens (including phenoxy) is 1. The van der Waals surface area contributed by atoms with Crippen molar-refractivity contribution in [1.29, 1.82) is 0 Å². The van der Waals surface area contributed by atoms with Crippen LogP contribution in [0.5, 0.6) is 0 Å². The van der Waals surface area contributed by atoms with Crippen LogP contribution in [0.3, 0.4) is 0 Å². The molecule has 1 saturated heterocycles. The average Bonchev–Trinajstić information content (AvgIpc) is 2.92. The molecule has 0 spiro atoms. The van der Waals surface area contributed by atoms with E-state index in [1.165, 1.54) is 24.0 Å². The van der Waals surface area contributed by atoms with E-state index in [9.17, 15) is 4.79 Å². The molecule has 3 nitrogen and oxygen atoms in total. The van der Waals surface area contributed by atoms with Gasteiger partial charge in [-0.3, -0.25) is 0 Å². The lowest BCUT2D eigenvalue weighted by atomic mass is 9.85. The first-order valence-electron chi connectivity index (χ1n) is 9.32. The lowest BCUT2D eigenvalue weighted by Gasteiger charge is -2.26. The molecular weight excluding hydrogens is 346 g/mol. The molecule has 0 amide bonds. The molecule has 2 unspecified atom stereocenters. The van der Waals surface area contributed by atoms with Gasteiger partial charge in [0.05, 0.1) is 0 Å². The molecule has 4 rings (SSSR count). The summed E-state index contributed by atoms with van der Waals surface area (Å²) in [7, 11) is 0. The van der Waals surface area contributed by atoms with E-state index in [2.05, 4.69) is 23.5 Å². The summed E-state index contributed by atoms with van der Waals surface area (Å²) in [6.45, 7) is 4.02. The van der Waals surface area contributed by atoms with Gasteiger partial charge < -0.3 is 10.1 Å². The molecule has 2 aromatic rings. The maximum atomic E-state index is 12.5. The number of esters is 1. The molecule has 0 radical (unpaired) electrons. The molecule has 1 heterocycles. The van der Waals surface area contributed by atoms with Gasteiger partial charge >= 0.3 is 5.97 Å². The summed E-state index contributed by atoms with van der Waals surface area (Å²) < 4.78 is 5.85. The lowest BCUT2D eigenvalue weighted by molar-refractivity contribution is -0.148. The highest BCUT2D eigenvalue weighted by Crippen LogP contribution is 2.39. The minimum Gasteiger partial charge on any atom is -0.453 e. The van der Waals surface area contributed by atoms with Crippen molar-refractivity contribution >= 4 is 23.3 Å². The molecule has 2 aliphatic rings. The van der Waals surface area contributed by atoms with Gasteiger partial charge in [0, 0.05) is 17.1 Å². The van der Waals surface area contributed by atoms with Crippen LogP contribution < -0.4 is 5.32 Å². The predicted molar refractivity (Wildman–Crippen MR) is 105 cm³/mol. The molecule has 2 atom stereocenters. The van der Waals surface area contributed by atoms with Crippen LogP contribution in [-0.4, -0.2) is 12.0 Å². The molecule has 26 heavy (non-hydrogen) atoms. The largest absolute Gasteiger partial charge is 0.453 e. The van der Waals surface area contributed by atoms with E-state index in [0.717, 1.165) is 29.7 Å². The van der Waals surface area contributed by atoms with E-state index >= 15 is 0 Å². The van der Waals surface area contributed by atoms with Crippen LogP contribution in [0.15, 0.2) is 36.4 Å². The number of carbonyl (C=O) groups excluding carboxylic acids is 1. The van der Waals surface area contributed by atoms with E-state index in [1.54, 1.807) is 0 Å². The number of hydrogen-bond acceptors (Lipinski definition) is 3. The number of rotatable bonds is 3. The molecule has 0 aromatic heterocycles. The standard InChI is InChI=1S/C22H24ClNO2/c1-14-7-10-18(23)12-19(14)24-20-13-22(2,26-21(20)25)17-9-8-15-5-3-4-6-16(15)11-17/h7-12,20,24H,3-6,13H2,1-2H3. The van der Waals surface area contributed by atoms with Gasteiger partial charge in [-0.1, -0.05) is 35.9 Å². The minimum atomic E-state index is -0.590. The van der Waals surface area contributed by atoms with Crippen LogP contribution in [0.1, 0.15) is 48.4 Å². The summed E-state index contributed by atoms with van der Waals surface area (Å²) in [5.41, 5.74) is 5.30. The molecule has 4 heteroatoms. The molecular formula is C22H24ClNO2. The SMILES string of the molecule is Cc1ccc(Cl)cc1NC1CC(C)(c2ccc3c(c2)CCCC3)OC1=O. The normalized spacial score (nSPS) is 24.9. The number of hydrogen-bond donors (Lipinski definition) is 1. The number of halogens is 1. The van der Waals surface area contributed by atoms with Crippen molar-refractivity contribution in [2.75, 3.05) is 5.32 Å². The number of aryl methyl sites for hydroxylation is 3. The van der Waals surface area contributed by atoms with Crippen LogP contribution >= 0.6 is 11.6 Å². The van der Waals surface area contributed by atoms with E-state index in [1.807, 2.05) is 32.0 Å². The summed E-state index contributed by atoms with van der Waals surface area (Å²) in [5.74, 6) is -0.204. The van der Waals surface area contributed by atoms with Gasteiger partial charge in [-0.25, -0.2) is 4.79 Å². The summed E-state index contributed by atoms with van der Waals surface area (Å²) >= 11 is 6.10. The van der Waals surface area contributed by atoms with Crippen molar-refractivity contribution in [3.8, 4) is 0 Å². The van der Waals surface area contributed by atoms with E-state index < -0.39 is 5.60 Å². The van der Waals surface area contributed by atoms with Crippen molar-refractivity contribution in [2.45, 2.75) is 57.6 Å². The second kappa shape index (κ2) is 6.62. The first-order valence-corrected chi connectivity index (χ1v) is 9.70. The average molecular weight is 370 g/mol. The quantitative estimate of drug-likeness (QED) is 0.758. The molecule has 1 fully saturated rings. The van der Waals surface area contributed by atoms with Gasteiger partial charge in [0.2, 0.25) is 0 Å². The number of cyclic esters (lactones) is 1. The Balaban J connectivity index is 1.57. The Hall–Kier alpha value is -2.00. The highest BCUT2D eigenvalue weighted by molar-refractivity contribution is 6.30. The third-order valence-electron chi connectivity index (χ3n) is 5.69. The summed E-state index contributed by atoms with van der Waals surface area (Å²) in [4.78, 5) is 12.5. The maximum absolute atomic E-state index is 12.5. The fraction of sp³-hybridized carbons (Fsp3) is 0.409. The summed E-state index contributed by atoms with van der Waals surface area (Å²) in [6.07, 6.45) is 5.40. The molecule has 1 aliphatic carbocycles. The molecule has 136 valence electrons. The van der Waals surface area contributed by atoms with Gasteiger partial charge in [0.25, 0.3) is 0 Å². The fourth-order valence-electron chi connectivity index (χ4n) is 4.09. The fourth-order valence-corrected chi connectivity index (χ4v) is 4.27. The number of nitrogens with one attached hydrogen (secondary N) is 1. The lowest BCUT2D eigenvalue weighted by Crippen LogP contribution is -2.25. The van der Waals surface area contributed by atoms with E-state index in [0.29, 0.717) is 11.4 Å². The topological polar surface area (TPSA) is 38.3 Å². The highest BCUT2D eigenvalue weighted by Gasteiger charge is 2.45. The smallest absolute Gasteiger partial charge is 0.329 e.